The SMILES string of the molecule is CCCc1cc(=O)[nH]c(NC(c2ccccc2)c2ccccc2)n1. The summed E-state index contributed by atoms with van der Waals surface area (Å²) in [5.74, 6) is 0.503. The van der Waals surface area contributed by atoms with Gasteiger partial charge in [-0.15, -0.1) is 0 Å². The molecule has 0 radical (unpaired) electrons. The van der Waals surface area contributed by atoms with Crippen LogP contribution in [0.15, 0.2) is 71.5 Å². The average molecular weight is 319 g/mol. The molecule has 3 rings (SSSR count). The number of hydrogen-bond donors (Lipinski definition) is 2. The van der Waals surface area contributed by atoms with Crippen molar-refractivity contribution in [2.45, 2.75) is 25.8 Å². The fraction of sp³-hybridized carbons (Fsp3) is 0.200. The van der Waals surface area contributed by atoms with E-state index in [-0.39, 0.29) is 11.6 Å². The monoisotopic (exact) mass is 319 g/mol. The first-order chi connectivity index (χ1) is 11.8. The van der Waals surface area contributed by atoms with Crippen LogP contribution >= 0.6 is 0 Å². The zero-order valence-electron chi connectivity index (χ0n) is 13.7. The Labute approximate surface area is 141 Å². The number of aromatic nitrogens is 2. The van der Waals surface area contributed by atoms with E-state index in [0.29, 0.717) is 5.95 Å². The van der Waals surface area contributed by atoms with E-state index >= 15 is 0 Å². The van der Waals surface area contributed by atoms with E-state index in [0.717, 1.165) is 29.7 Å². The molecular weight excluding hydrogens is 298 g/mol. The molecule has 0 amide bonds. The number of benzene rings is 2. The summed E-state index contributed by atoms with van der Waals surface area (Å²) < 4.78 is 0. The first-order valence-electron chi connectivity index (χ1n) is 8.23. The summed E-state index contributed by atoms with van der Waals surface area (Å²) in [6, 6.07) is 21.8. The topological polar surface area (TPSA) is 57.8 Å². The van der Waals surface area contributed by atoms with Gasteiger partial charge in [0.05, 0.1) is 6.04 Å². The van der Waals surface area contributed by atoms with Gasteiger partial charge in [-0.25, -0.2) is 4.98 Å². The molecule has 4 heteroatoms. The van der Waals surface area contributed by atoms with Crippen molar-refractivity contribution in [3.63, 3.8) is 0 Å². The maximum absolute atomic E-state index is 11.9. The second-order valence-corrected chi connectivity index (χ2v) is 5.73. The molecule has 0 atom stereocenters. The van der Waals surface area contributed by atoms with Gasteiger partial charge in [0, 0.05) is 11.8 Å². The number of H-pyrrole nitrogens is 1. The van der Waals surface area contributed by atoms with Crippen molar-refractivity contribution in [3.8, 4) is 0 Å². The van der Waals surface area contributed by atoms with E-state index in [9.17, 15) is 4.79 Å². The first-order valence-corrected chi connectivity index (χ1v) is 8.23. The summed E-state index contributed by atoms with van der Waals surface area (Å²) in [4.78, 5) is 19.3. The molecule has 3 aromatic rings. The number of aryl methyl sites for hydroxylation is 1. The minimum atomic E-state index is -0.129. The lowest BCUT2D eigenvalue weighted by molar-refractivity contribution is 0.847. The number of anilines is 1. The molecule has 4 nitrogen and oxygen atoms in total. The Bertz CT molecular complexity index is 789. The largest absolute Gasteiger partial charge is 0.345 e. The van der Waals surface area contributed by atoms with Crippen molar-refractivity contribution in [2.75, 3.05) is 5.32 Å². The van der Waals surface area contributed by atoms with E-state index in [2.05, 4.69) is 46.5 Å². The summed E-state index contributed by atoms with van der Waals surface area (Å²) in [7, 11) is 0. The molecule has 0 unspecified atom stereocenters. The van der Waals surface area contributed by atoms with E-state index in [4.69, 9.17) is 0 Å². The van der Waals surface area contributed by atoms with Crippen molar-refractivity contribution in [2.24, 2.45) is 0 Å². The molecule has 0 saturated heterocycles. The van der Waals surface area contributed by atoms with E-state index in [1.54, 1.807) is 6.07 Å². The van der Waals surface area contributed by atoms with Crippen LogP contribution in [-0.4, -0.2) is 9.97 Å². The second kappa shape index (κ2) is 7.59. The third-order valence-electron chi connectivity index (χ3n) is 3.85. The highest BCUT2D eigenvalue weighted by Crippen LogP contribution is 2.24. The van der Waals surface area contributed by atoms with Gasteiger partial charge < -0.3 is 5.32 Å². The summed E-state index contributed by atoms with van der Waals surface area (Å²) >= 11 is 0. The van der Waals surface area contributed by atoms with Crippen LogP contribution in [0.4, 0.5) is 5.95 Å². The predicted molar refractivity (Wildman–Crippen MR) is 97.2 cm³/mol. The van der Waals surface area contributed by atoms with Crippen LogP contribution in [0, 0.1) is 0 Å². The highest BCUT2D eigenvalue weighted by Gasteiger charge is 2.15. The number of hydrogen-bond acceptors (Lipinski definition) is 3. The van der Waals surface area contributed by atoms with Crippen LogP contribution in [0.2, 0.25) is 0 Å². The number of rotatable bonds is 6. The van der Waals surface area contributed by atoms with Crippen LogP contribution in [-0.2, 0) is 6.42 Å². The Balaban J connectivity index is 1.97. The minimum Gasteiger partial charge on any atom is -0.345 e. The molecule has 0 fully saturated rings. The molecule has 1 aromatic heterocycles. The molecule has 122 valence electrons. The third kappa shape index (κ3) is 3.90. The Morgan fingerprint density at radius 2 is 1.58 bits per heavy atom. The van der Waals surface area contributed by atoms with Crippen molar-refractivity contribution in [1.82, 2.24) is 9.97 Å². The van der Waals surface area contributed by atoms with Gasteiger partial charge >= 0.3 is 0 Å². The van der Waals surface area contributed by atoms with Gasteiger partial charge in [0.1, 0.15) is 0 Å². The summed E-state index contributed by atoms with van der Waals surface area (Å²) in [5, 5.41) is 3.38. The maximum Gasteiger partial charge on any atom is 0.252 e. The number of nitrogens with zero attached hydrogens (tertiary/aromatic N) is 1. The summed E-state index contributed by atoms with van der Waals surface area (Å²) in [6.07, 6.45) is 1.75. The molecule has 2 aromatic carbocycles. The minimum absolute atomic E-state index is 0.0765. The van der Waals surface area contributed by atoms with Gasteiger partial charge in [-0.2, -0.15) is 0 Å². The zero-order chi connectivity index (χ0) is 16.8. The van der Waals surface area contributed by atoms with Crippen molar-refractivity contribution < 1.29 is 0 Å². The smallest absolute Gasteiger partial charge is 0.252 e. The lowest BCUT2D eigenvalue weighted by Crippen LogP contribution is -2.18. The molecule has 24 heavy (non-hydrogen) atoms. The molecule has 0 spiro atoms. The lowest BCUT2D eigenvalue weighted by Gasteiger charge is -2.20. The fourth-order valence-electron chi connectivity index (χ4n) is 2.75. The normalized spacial score (nSPS) is 10.8. The van der Waals surface area contributed by atoms with Crippen LogP contribution < -0.4 is 10.9 Å². The molecule has 0 aliphatic rings. The third-order valence-corrected chi connectivity index (χ3v) is 3.85. The van der Waals surface area contributed by atoms with E-state index in [1.165, 1.54) is 0 Å². The summed E-state index contributed by atoms with van der Waals surface area (Å²) in [6.45, 7) is 2.08. The fourth-order valence-corrected chi connectivity index (χ4v) is 2.75. The molecule has 0 bridgehead atoms. The van der Waals surface area contributed by atoms with Crippen molar-refractivity contribution in [1.29, 1.82) is 0 Å². The molecule has 1 heterocycles. The van der Waals surface area contributed by atoms with Gasteiger partial charge in [0.15, 0.2) is 0 Å². The predicted octanol–water partition coefficient (Wildman–Crippen LogP) is 3.92. The van der Waals surface area contributed by atoms with Crippen LogP contribution in [0.3, 0.4) is 0 Å². The maximum atomic E-state index is 11.9. The van der Waals surface area contributed by atoms with Crippen molar-refractivity contribution >= 4 is 5.95 Å². The Hall–Kier alpha value is -2.88. The van der Waals surface area contributed by atoms with Crippen LogP contribution in [0.1, 0.15) is 36.2 Å². The summed E-state index contributed by atoms with van der Waals surface area (Å²) in [5.41, 5.74) is 2.92. The quantitative estimate of drug-likeness (QED) is 0.724. The highest BCUT2D eigenvalue weighted by atomic mass is 16.1. The average Bonchev–Trinajstić information content (AvgIpc) is 2.61. The molecule has 2 N–H and O–H groups in total. The standard InChI is InChI=1S/C20H21N3O/c1-2-9-17-14-18(24)22-20(21-17)23-19(15-10-5-3-6-11-15)16-12-7-4-8-13-16/h3-8,10-14,19H,2,9H2,1H3,(H2,21,22,23,24). The number of aromatic amines is 1. The highest BCUT2D eigenvalue weighted by molar-refractivity contribution is 5.41. The number of nitrogens with one attached hydrogen (secondary N) is 2. The Morgan fingerprint density at radius 1 is 1.00 bits per heavy atom. The lowest BCUT2D eigenvalue weighted by atomic mass is 9.99. The van der Waals surface area contributed by atoms with Gasteiger partial charge in [0.2, 0.25) is 5.95 Å². The Kier molecular flexibility index (Phi) is 5.06. The molecular formula is C20H21N3O. The van der Waals surface area contributed by atoms with Gasteiger partial charge in [-0.3, -0.25) is 9.78 Å². The Morgan fingerprint density at radius 3 is 2.12 bits per heavy atom. The van der Waals surface area contributed by atoms with E-state index in [1.807, 2.05) is 36.4 Å². The van der Waals surface area contributed by atoms with E-state index < -0.39 is 0 Å². The van der Waals surface area contributed by atoms with Gasteiger partial charge in [-0.05, 0) is 17.5 Å². The van der Waals surface area contributed by atoms with Gasteiger partial charge in [0.25, 0.3) is 5.56 Å². The second-order valence-electron chi connectivity index (χ2n) is 5.73. The zero-order valence-corrected chi connectivity index (χ0v) is 13.7. The van der Waals surface area contributed by atoms with Gasteiger partial charge in [-0.1, -0.05) is 74.0 Å². The first kappa shape index (κ1) is 16.0. The molecule has 0 saturated carbocycles. The van der Waals surface area contributed by atoms with Crippen LogP contribution in [0.5, 0.6) is 0 Å². The van der Waals surface area contributed by atoms with Crippen molar-refractivity contribution in [3.05, 3.63) is 93.9 Å². The van der Waals surface area contributed by atoms with Crippen LogP contribution in [0.25, 0.3) is 0 Å². The molecule has 0 aliphatic carbocycles. The molecule has 0 aliphatic heterocycles.